The van der Waals surface area contributed by atoms with Crippen molar-refractivity contribution in [1.82, 2.24) is 0 Å². The predicted molar refractivity (Wildman–Crippen MR) is 78.6 cm³/mol. The lowest BCUT2D eigenvalue weighted by atomic mass is 10.0. The summed E-state index contributed by atoms with van der Waals surface area (Å²) in [6.07, 6.45) is -4.52. The molecule has 2 aromatic carbocycles. The molecular weight excluding hydrogens is 383 g/mol. The lowest BCUT2D eigenvalue weighted by molar-refractivity contribution is -0.137. The van der Waals surface area contributed by atoms with E-state index in [0.717, 1.165) is 6.07 Å². The van der Waals surface area contributed by atoms with E-state index >= 15 is 0 Å². The van der Waals surface area contributed by atoms with Gasteiger partial charge in [0, 0.05) is 0 Å². The highest BCUT2D eigenvalue weighted by Gasteiger charge is 2.32. The molecule has 0 fully saturated rings. The Kier molecular flexibility index (Phi) is 5.19. The van der Waals surface area contributed by atoms with Crippen molar-refractivity contribution in [1.29, 1.82) is 0 Å². The monoisotopic (exact) mass is 392 g/mol. The smallest absolute Gasteiger partial charge is 0.293 e. The standard InChI is InChI=1S/C16H10BrF5O/c17-13(7-9-1-4-11(18)5-2-9)15(23)12-6-3-10(8-14(12)19)16(20,21)22/h1-6,8,13H,7H2. The Balaban J connectivity index is 2.17. The quantitative estimate of drug-likeness (QED) is 0.398. The SMILES string of the molecule is O=C(c1ccc(C(F)(F)F)cc1F)C(Br)Cc1ccc(F)cc1. The molecule has 122 valence electrons. The van der Waals surface area contributed by atoms with Gasteiger partial charge in [-0.1, -0.05) is 28.1 Å². The number of halogens is 6. The van der Waals surface area contributed by atoms with Crippen LogP contribution < -0.4 is 0 Å². The molecule has 0 amide bonds. The van der Waals surface area contributed by atoms with Crippen LogP contribution in [0.15, 0.2) is 42.5 Å². The van der Waals surface area contributed by atoms with E-state index in [1.165, 1.54) is 24.3 Å². The maximum Gasteiger partial charge on any atom is 0.416 e. The second kappa shape index (κ2) is 6.78. The van der Waals surface area contributed by atoms with Crippen molar-refractivity contribution in [2.75, 3.05) is 0 Å². The molecule has 0 aliphatic heterocycles. The van der Waals surface area contributed by atoms with Crippen LogP contribution in [0.3, 0.4) is 0 Å². The summed E-state index contributed by atoms with van der Waals surface area (Å²) in [6, 6.07) is 7.16. The Bertz CT molecular complexity index is 709. The van der Waals surface area contributed by atoms with Gasteiger partial charge in [0.05, 0.1) is 16.0 Å². The molecular formula is C16H10BrF5O. The largest absolute Gasteiger partial charge is 0.416 e. The summed E-state index contributed by atoms with van der Waals surface area (Å²) in [6.45, 7) is 0. The molecule has 2 rings (SSSR count). The molecule has 1 atom stereocenters. The number of hydrogen-bond acceptors (Lipinski definition) is 1. The molecule has 0 radical (unpaired) electrons. The van der Waals surface area contributed by atoms with Gasteiger partial charge in [-0.25, -0.2) is 8.78 Å². The van der Waals surface area contributed by atoms with Crippen LogP contribution in [0.2, 0.25) is 0 Å². The fraction of sp³-hybridized carbons (Fsp3) is 0.188. The van der Waals surface area contributed by atoms with E-state index in [0.29, 0.717) is 17.7 Å². The van der Waals surface area contributed by atoms with Gasteiger partial charge in [0.2, 0.25) is 0 Å². The van der Waals surface area contributed by atoms with Crippen LogP contribution in [0, 0.1) is 11.6 Å². The van der Waals surface area contributed by atoms with Gasteiger partial charge in [-0.3, -0.25) is 4.79 Å². The van der Waals surface area contributed by atoms with Crippen molar-refractivity contribution >= 4 is 21.7 Å². The molecule has 0 aliphatic carbocycles. The number of carbonyl (C=O) groups is 1. The minimum atomic E-state index is -4.68. The fourth-order valence-corrected chi connectivity index (χ4v) is 2.60. The van der Waals surface area contributed by atoms with Gasteiger partial charge in [-0.05, 0) is 42.3 Å². The zero-order valence-corrected chi connectivity index (χ0v) is 13.1. The highest BCUT2D eigenvalue weighted by atomic mass is 79.9. The van der Waals surface area contributed by atoms with Crippen LogP contribution in [0.1, 0.15) is 21.5 Å². The molecule has 0 heterocycles. The fourth-order valence-electron chi connectivity index (χ4n) is 1.98. The van der Waals surface area contributed by atoms with Crippen LogP contribution in [0.25, 0.3) is 0 Å². The Hall–Kier alpha value is -1.76. The summed E-state index contributed by atoms with van der Waals surface area (Å²) < 4.78 is 64.1. The van der Waals surface area contributed by atoms with E-state index in [2.05, 4.69) is 15.9 Å². The molecule has 0 aromatic heterocycles. The van der Waals surface area contributed by atoms with Gasteiger partial charge in [0.25, 0.3) is 0 Å². The molecule has 0 bridgehead atoms. The maximum atomic E-state index is 13.8. The third kappa shape index (κ3) is 4.37. The summed E-state index contributed by atoms with van der Waals surface area (Å²) in [5.74, 6) is -2.34. The van der Waals surface area contributed by atoms with Gasteiger partial charge >= 0.3 is 6.18 Å². The first-order valence-corrected chi connectivity index (χ1v) is 7.39. The van der Waals surface area contributed by atoms with Crippen molar-refractivity contribution in [3.63, 3.8) is 0 Å². The molecule has 7 heteroatoms. The van der Waals surface area contributed by atoms with Crippen molar-refractivity contribution in [3.8, 4) is 0 Å². The zero-order valence-electron chi connectivity index (χ0n) is 11.5. The van der Waals surface area contributed by atoms with Crippen LogP contribution in [0.5, 0.6) is 0 Å². The maximum absolute atomic E-state index is 13.8. The normalized spacial score (nSPS) is 13.0. The molecule has 0 saturated heterocycles. The minimum absolute atomic E-state index is 0.152. The molecule has 1 nitrogen and oxygen atoms in total. The molecule has 0 saturated carbocycles. The van der Waals surface area contributed by atoms with E-state index < -0.39 is 39.5 Å². The lowest BCUT2D eigenvalue weighted by Crippen LogP contribution is -2.19. The first kappa shape index (κ1) is 17.6. The molecule has 1 unspecified atom stereocenters. The number of ketones is 1. The van der Waals surface area contributed by atoms with Gasteiger partial charge in [0.1, 0.15) is 11.6 Å². The van der Waals surface area contributed by atoms with E-state index in [1.807, 2.05) is 0 Å². The summed E-state index contributed by atoms with van der Waals surface area (Å²) in [5.41, 5.74) is -0.952. The number of Topliss-reactive ketones (excluding diaryl/α,β-unsaturated/α-hetero) is 1. The topological polar surface area (TPSA) is 17.1 Å². The Labute approximate surface area is 137 Å². The Morgan fingerprint density at radius 2 is 1.65 bits per heavy atom. The van der Waals surface area contributed by atoms with E-state index in [9.17, 15) is 26.7 Å². The Morgan fingerprint density at radius 1 is 1.04 bits per heavy atom. The van der Waals surface area contributed by atoms with Gasteiger partial charge in [0.15, 0.2) is 5.78 Å². The molecule has 2 aromatic rings. The van der Waals surface area contributed by atoms with Gasteiger partial charge < -0.3 is 0 Å². The Morgan fingerprint density at radius 3 is 2.17 bits per heavy atom. The van der Waals surface area contributed by atoms with Gasteiger partial charge in [-0.2, -0.15) is 13.2 Å². The van der Waals surface area contributed by atoms with Gasteiger partial charge in [-0.15, -0.1) is 0 Å². The average Bonchev–Trinajstić information content (AvgIpc) is 2.48. The van der Waals surface area contributed by atoms with Crippen molar-refractivity contribution < 1.29 is 26.7 Å². The first-order chi connectivity index (χ1) is 10.7. The van der Waals surface area contributed by atoms with Crippen LogP contribution in [-0.4, -0.2) is 10.6 Å². The van der Waals surface area contributed by atoms with Crippen LogP contribution in [0.4, 0.5) is 22.0 Å². The number of alkyl halides is 4. The average molecular weight is 393 g/mol. The highest BCUT2D eigenvalue weighted by molar-refractivity contribution is 9.10. The third-order valence-corrected chi connectivity index (χ3v) is 3.91. The number of hydrogen-bond donors (Lipinski definition) is 0. The second-order valence-electron chi connectivity index (χ2n) is 4.85. The zero-order chi connectivity index (χ0) is 17.2. The lowest BCUT2D eigenvalue weighted by Gasteiger charge is -2.12. The number of benzene rings is 2. The van der Waals surface area contributed by atoms with E-state index in [-0.39, 0.29) is 6.42 Å². The summed E-state index contributed by atoms with van der Waals surface area (Å²) >= 11 is 3.10. The molecule has 0 N–H and O–H groups in total. The van der Waals surface area contributed by atoms with Crippen molar-refractivity contribution in [2.24, 2.45) is 0 Å². The molecule has 23 heavy (non-hydrogen) atoms. The third-order valence-electron chi connectivity index (χ3n) is 3.17. The van der Waals surface area contributed by atoms with Crippen molar-refractivity contribution in [2.45, 2.75) is 17.4 Å². The summed E-state index contributed by atoms with van der Waals surface area (Å²) in [4.78, 5) is 11.3. The van der Waals surface area contributed by atoms with Crippen LogP contribution >= 0.6 is 15.9 Å². The summed E-state index contributed by atoms with van der Waals surface area (Å²) in [5, 5.41) is 0. The second-order valence-corrected chi connectivity index (χ2v) is 5.96. The molecule has 0 aliphatic rings. The number of rotatable bonds is 4. The first-order valence-electron chi connectivity index (χ1n) is 6.48. The minimum Gasteiger partial charge on any atom is -0.293 e. The predicted octanol–water partition coefficient (Wildman–Crippen LogP) is 5.17. The van der Waals surface area contributed by atoms with E-state index in [4.69, 9.17) is 0 Å². The number of carbonyl (C=O) groups excluding carboxylic acids is 1. The highest BCUT2D eigenvalue weighted by Crippen LogP contribution is 2.30. The van der Waals surface area contributed by atoms with Crippen LogP contribution in [-0.2, 0) is 12.6 Å². The molecule has 0 spiro atoms. The van der Waals surface area contributed by atoms with Crippen molar-refractivity contribution in [3.05, 3.63) is 70.8 Å². The summed E-state index contributed by atoms with van der Waals surface area (Å²) in [7, 11) is 0. The van der Waals surface area contributed by atoms with E-state index in [1.54, 1.807) is 0 Å².